The summed E-state index contributed by atoms with van der Waals surface area (Å²) >= 11 is 0. The molecule has 0 saturated heterocycles. The zero-order chi connectivity index (χ0) is 15.6. The van der Waals surface area contributed by atoms with E-state index in [1.807, 2.05) is 16.7 Å². The maximum Gasteiger partial charge on any atom is 0.231 e. The van der Waals surface area contributed by atoms with Gasteiger partial charge in [-0.3, -0.25) is 9.36 Å². The number of rotatable bonds is 1. The number of hydrogen-bond acceptors (Lipinski definition) is 3. The number of carbonyl (C=O) groups is 1. The molecule has 0 amide bonds. The highest BCUT2D eigenvalue weighted by atomic mass is 16.5. The summed E-state index contributed by atoms with van der Waals surface area (Å²) in [6, 6.07) is 8.41. The van der Waals surface area contributed by atoms with Gasteiger partial charge in [0.2, 0.25) is 5.91 Å². The molecule has 0 unspecified atom stereocenters. The van der Waals surface area contributed by atoms with Crippen LogP contribution in [0.2, 0.25) is 0 Å². The van der Waals surface area contributed by atoms with Gasteiger partial charge >= 0.3 is 0 Å². The Morgan fingerprint density at radius 2 is 2.04 bits per heavy atom. The van der Waals surface area contributed by atoms with Gasteiger partial charge < -0.3 is 10.1 Å². The SMILES string of the molecule is COc1ccc2c3c4c(cc5c3n(c2c1)C(=O)CC5)CCNC4. The first-order valence-corrected chi connectivity index (χ1v) is 8.17. The average Bonchev–Trinajstić information content (AvgIpc) is 2.94. The van der Waals surface area contributed by atoms with Crippen molar-refractivity contribution in [1.29, 1.82) is 0 Å². The summed E-state index contributed by atoms with van der Waals surface area (Å²) in [5.41, 5.74) is 6.21. The normalized spacial score (nSPS) is 16.8. The fraction of sp³-hybridized carbons (Fsp3) is 0.316. The molecule has 4 heteroatoms. The van der Waals surface area contributed by atoms with E-state index in [1.54, 1.807) is 7.11 Å². The van der Waals surface area contributed by atoms with Crippen LogP contribution in [-0.4, -0.2) is 24.1 Å². The lowest BCUT2D eigenvalue weighted by Gasteiger charge is -2.22. The summed E-state index contributed by atoms with van der Waals surface area (Å²) in [6.45, 7) is 1.91. The highest BCUT2D eigenvalue weighted by molar-refractivity contribution is 6.17. The maximum atomic E-state index is 12.6. The van der Waals surface area contributed by atoms with Crippen LogP contribution in [-0.2, 0) is 19.4 Å². The summed E-state index contributed by atoms with van der Waals surface area (Å²) in [7, 11) is 1.67. The van der Waals surface area contributed by atoms with Crippen LogP contribution in [0.15, 0.2) is 24.3 Å². The van der Waals surface area contributed by atoms with Crippen LogP contribution in [0.25, 0.3) is 21.8 Å². The van der Waals surface area contributed by atoms with E-state index >= 15 is 0 Å². The Hall–Kier alpha value is -2.33. The molecule has 23 heavy (non-hydrogen) atoms. The zero-order valence-corrected chi connectivity index (χ0v) is 13.1. The summed E-state index contributed by atoms with van der Waals surface area (Å²) in [5, 5.41) is 5.90. The summed E-state index contributed by atoms with van der Waals surface area (Å²) in [5.74, 6) is 0.984. The first kappa shape index (κ1) is 13.1. The molecule has 3 aromatic rings. The number of nitrogens with zero attached hydrogens (tertiary/aromatic N) is 1. The number of methoxy groups -OCH3 is 1. The van der Waals surface area contributed by atoms with Gasteiger partial charge in [0.25, 0.3) is 0 Å². The Labute approximate surface area is 134 Å². The van der Waals surface area contributed by atoms with E-state index in [1.165, 1.54) is 22.1 Å². The number of aryl methyl sites for hydroxylation is 1. The second kappa shape index (κ2) is 4.59. The number of fused-ring (bicyclic) bond motifs is 5. The molecule has 0 aliphatic carbocycles. The van der Waals surface area contributed by atoms with Crippen molar-refractivity contribution in [3.8, 4) is 5.75 Å². The minimum Gasteiger partial charge on any atom is -0.497 e. The molecular weight excluding hydrogens is 288 g/mol. The highest BCUT2D eigenvalue weighted by Crippen LogP contribution is 2.40. The van der Waals surface area contributed by atoms with Crippen molar-refractivity contribution in [3.05, 3.63) is 41.0 Å². The first-order valence-electron chi connectivity index (χ1n) is 8.17. The molecule has 2 aliphatic heterocycles. The topological polar surface area (TPSA) is 43.3 Å². The van der Waals surface area contributed by atoms with Gasteiger partial charge in [-0.15, -0.1) is 0 Å². The largest absolute Gasteiger partial charge is 0.497 e. The van der Waals surface area contributed by atoms with Gasteiger partial charge in [-0.1, -0.05) is 6.07 Å². The lowest BCUT2D eigenvalue weighted by molar-refractivity contribution is 0.0908. The molecule has 0 saturated carbocycles. The minimum atomic E-state index is 0.189. The number of ether oxygens (including phenoxy) is 1. The van der Waals surface area contributed by atoms with Crippen LogP contribution in [0.5, 0.6) is 5.75 Å². The monoisotopic (exact) mass is 306 g/mol. The second-order valence-corrected chi connectivity index (χ2v) is 6.44. The molecular formula is C19H18N2O2. The Balaban J connectivity index is 2.02. The number of benzene rings is 2. The quantitative estimate of drug-likeness (QED) is 0.751. The molecule has 1 aromatic heterocycles. The van der Waals surface area contributed by atoms with Gasteiger partial charge in [0, 0.05) is 29.8 Å². The number of nitrogens with one attached hydrogen (secondary N) is 1. The molecule has 4 nitrogen and oxygen atoms in total. The molecule has 0 spiro atoms. The van der Waals surface area contributed by atoms with Crippen LogP contribution in [0.3, 0.4) is 0 Å². The van der Waals surface area contributed by atoms with Crippen molar-refractivity contribution < 1.29 is 9.53 Å². The molecule has 0 radical (unpaired) electrons. The number of aromatic nitrogens is 1. The van der Waals surface area contributed by atoms with Crippen molar-refractivity contribution in [2.45, 2.75) is 25.8 Å². The van der Waals surface area contributed by atoms with E-state index in [4.69, 9.17) is 4.74 Å². The van der Waals surface area contributed by atoms with E-state index in [0.717, 1.165) is 48.1 Å². The van der Waals surface area contributed by atoms with E-state index in [-0.39, 0.29) is 5.91 Å². The van der Waals surface area contributed by atoms with E-state index in [0.29, 0.717) is 6.42 Å². The molecule has 2 aliphatic rings. The van der Waals surface area contributed by atoms with E-state index in [2.05, 4.69) is 17.4 Å². The molecule has 5 rings (SSSR count). The van der Waals surface area contributed by atoms with Crippen molar-refractivity contribution >= 4 is 27.7 Å². The second-order valence-electron chi connectivity index (χ2n) is 6.44. The van der Waals surface area contributed by atoms with Crippen molar-refractivity contribution in [1.82, 2.24) is 9.88 Å². The van der Waals surface area contributed by atoms with E-state index in [9.17, 15) is 4.79 Å². The van der Waals surface area contributed by atoms with Gasteiger partial charge in [0.05, 0.1) is 18.1 Å². The average molecular weight is 306 g/mol. The Kier molecular flexibility index (Phi) is 2.62. The Morgan fingerprint density at radius 3 is 2.91 bits per heavy atom. The third-order valence-corrected chi connectivity index (χ3v) is 5.25. The molecule has 0 bridgehead atoms. The van der Waals surface area contributed by atoms with Crippen LogP contribution in [0.4, 0.5) is 0 Å². The third-order valence-electron chi connectivity index (χ3n) is 5.25. The van der Waals surface area contributed by atoms with Gasteiger partial charge in [-0.05, 0) is 48.2 Å². The smallest absolute Gasteiger partial charge is 0.231 e. The van der Waals surface area contributed by atoms with Crippen LogP contribution in [0.1, 0.15) is 27.9 Å². The minimum absolute atomic E-state index is 0.189. The highest BCUT2D eigenvalue weighted by Gasteiger charge is 2.27. The lowest BCUT2D eigenvalue weighted by Crippen LogP contribution is -2.25. The molecule has 2 aromatic carbocycles. The van der Waals surface area contributed by atoms with Crippen molar-refractivity contribution in [2.75, 3.05) is 13.7 Å². The number of carbonyl (C=O) groups excluding carboxylic acids is 1. The summed E-state index contributed by atoms with van der Waals surface area (Å²) < 4.78 is 7.29. The van der Waals surface area contributed by atoms with Gasteiger partial charge in [0.1, 0.15) is 5.75 Å². The zero-order valence-electron chi connectivity index (χ0n) is 13.1. The molecule has 3 heterocycles. The van der Waals surface area contributed by atoms with E-state index < -0.39 is 0 Å². The first-order chi connectivity index (χ1) is 11.3. The fourth-order valence-electron chi connectivity index (χ4n) is 4.20. The standard InChI is InChI=1S/C19H18N2O2/c1-23-13-3-4-14-16(9-13)21-17(22)5-2-12-8-11-6-7-20-10-15(11)18(14)19(12)21/h3-4,8-9,20H,2,5-7,10H2,1H3. The van der Waals surface area contributed by atoms with Crippen molar-refractivity contribution in [2.24, 2.45) is 0 Å². The predicted molar refractivity (Wildman–Crippen MR) is 90.4 cm³/mol. The summed E-state index contributed by atoms with van der Waals surface area (Å²) in [4.78, 5) is 12.6. The Bertz CT molecular complexity index is 984. The van der Waals surface area contributed by atoms with Crippen LogP contribution < -0.4 is 10.1 Å². The molecule has 1 N–H and O–H groups in total. The maximum absolute atomic E-state index is 12.6. The summed E-state index contributed by atoms with van der Waals surface area (Å²) in [6.07, 6.45) is 2.50. The number of hydrogen-bond donors (Lipinski definition) is 1. The van der Waals surface area contributed by atoms with Gasteiger partial charge in [-0.2, -0.15) is 0 Å². The molecule has 0 fully saturated rings. The fourth-order valence-corrected chi connectivity index (χ4v) is 4.20. The van der Waals surface area contributed by atoms with Gasteiger partial charge in [0.15, 0.2) is 0 Å². The molecule has 0 atom stereocenters. The van der Waals surface area contributed by atoms with Crippen LogP contribution in [0, 0.1) is 0 Å². The Morgan fingerprint density at radius 1 is 1.13 bits per heavy atom. The van der Waals surface area contributed by atoms with Gasteiger partial charge in [-0.25, -0.2) is 0 Å². The predicted octanol–water partition coefficient (Wildman–Crippen LogP) is 3.04. The third kappa shape index (κ3) is 1.67. The van der Waals surface area contributed by atoms with Crippen molar-refractivity contribution in [3.63, 3.8) is 0 Å². The molecule has 116 valence electrons. The lowest BCUT2D eigenvalue weighted by atomic mass is 9.91. The van der Waals surface area contributed by atoms with Crippen LogP contribution >= 0.6 is 0 Å².